The van der Waals surface area contributed by atoms with Gasteiger partial charge in [0.15, 0.2) is 0 Å². The molecule has 2 aliphatic carbocycles. The molecule has 3 atom stereocenters. The highest BCUT2D eigenvalue weighted by Gasteiger charge is 2.33. The van der Waals surface area contributed by atoms with Crippen molar-refractivity contribution < 1.29 is 9.53 Å². The Bertz CT molecular complexity index is 267. The number of thioether (sulfide) groups is 1. The molecule has 0 amide bonds. The van der Waals surface area contributed by atoms with Crippen LogP contribution in [0.25, 0.3) is 0 Å². The fraction of sp³-hybridized carbons (Fsp3) is 0.933. The number of hydrogen-bond donors (Lipinski definition) is 0. The second-order valence-electron chi connectivity index (χ2n) is 5.83. The van der Waals surface area contributed by atoms with Crippen molar-refractivity contribution >= 4 is 17.7 Å². The standard InChI is InChI=1S/C15H26O2S/c1-18-10-4-7-15(16)17-14-9-8-12-5-2-3-6-13(12)11-14/h12-14H,2-11H2,1H3/t12-,13+,14+/m0/s1. The minimum absolute atomic E-state index is 0.0308. The van der Waals surface area contributed by atoms with Gasteiger partial charge >= 0.3 is 5.97 Å². The van der Waals surface area contributed by atoms with Crippen molar-refractivity contribution in [1.82, 2.24) is 0 Å². The Morgan fingerprint density at radius 1 is 1.17 bits per heavy atom. The maximum absolute atomic E-state index is 11.7. The number of esters is 1. The zero-order chi connectivity index (χ0) is 12.8. The first kappa shape index (κ1) is 14.2. The first-order valence-electron chi connectivity index (χ1n) is 7.48. The fourth-order valence-corrected chi connectivity index (χ4v) is 3.98. The average molecular weight is 270 g/mol. The zero-order valence-electron chi connectivity index (χ0n) is 11.5. The van der Waals surface area contributed by atoms with Gasteiger partial charge in [-0.05, 0) is 49.5 Å². The van der Waals surface area contributed by atoms with Crippen LogP contribution in [0.5, 0.6) is 0 Å². The predicted molar refractivity (Wildman–Crippen MR) is 76.8 cm³/mol. The summed E-state index contributed by atoms with van der Waals surface area (Å²) in [7, 11) is 0. The molecule has 0 saturated heterocycles. The third-order valence-corrected chi connectivity index (χ3v) is 5.22. The molecule has 2 aliphatic rings. The molecule has 0 aromatic rings. The molecule has 0 radical (unpaired) electrons. The van der Waals surface area contributed by atoms with Crippen molar-refractivity contribution in [3.05, 3.63) is 0 Å². The molecule has 2 saturated carbocycles. The molecule has 2 fully saturated rings. The van der Waals surface area contributed by atoms with Gasteiger partial charge in [0.2, 0.25) is 0 Å². The van der Waals surface area contributed by atoms with E-state index in [0.717, 1.165) is 36.9 Å². The van der Waals surface area contributed by atoms with Gasteiger partial charge in [0.25, 0.3) is 0 Å². The normalized spacial score (nSPS) is 31.7. The van der Waals surface area contributed by atoms with Crippen LogP contribution in [0.4, 0.5) is 0 Å². The summed E-state index contributed by atoms with van der Waals surface area (Å²) in [5.74, 6) is 2.87. The van der Waals surface area contributed by atoms with Crippen LogP contribution in [0, 0.1) is 11.8 Å². The van der Waals surface area contributed by atoms with E-state index in [9.17, 15) is 4.79 Å². The van der Waals surface area contributed by atoms with E-state index in [1.165, 1.54) is 32.1 Å². The van der Waals surface area contributed by atoms with Crippen LogP contribution < -0.4 is 0 Å². The molecule has 0 bridgehead atoms. The molecule has 0 unspecified atom stereocenters. The SMILES string of the molecule is CSCCCC(=O)O[C@@H]1CC[C@@H]2CCCC[C@@H]2C1. The average Bonchev–Trinajstić information content (AvgIpc) is 2.39. The van der Waals surface area contributed by atoms with Crippen LogP contribution in [0.15, 0.2) is 0 Å². The van der Waals surface area contributed by atoms with Crippen molar-refractivity contribution in [2.45, 2.75) is 63.9 Å². The Morgan fingerprint density at radius 2 is 1.94 bits per heavy atom. The van der Waals surface area contributed by atoms with Gasteiger partial charge in [0.05, 0.1) is 0 Å². The van der Waals surface area contributed by atoms with E-state index in [0.29, 0.717) is 6.42 Å². The third kappa shape index (κ3) is 4.18. The van der Waals surface area contributed by atoms with Crippen LogP contribution >= 0.6 is 11.8 Å². The van der Waals surface area contributed by atoms with Gasteiger partial charge in [-0.1, -0.05) is 25.7 Å². The van der Waals surface area contributed by atoms with Crippen LogP contribution in [0.2, 0.25) is 0 Å². The second-order valence-corrected chi connectivity index (χ2v) is 6.81. The number of ether oxygens (including phenoxy) is 1. The summed E-state index contributed by atoms with van der Waals surface area (Å²) in [5, 5.41) is 0. The van der Waals surface area contributed by atoms with Crippen molar-refractivity contribution in [3.8, 4) is 0 Å². The Morgan fingerprint density at radius 3 is 2.72 bits per heavy atom. The van der Waals surface area contributed by atoms with Crippen LogP contribution in [0.1, 0.15) is 57.8 Å². The lowest BCUT2D eigenvalue weighted by Gasteiger charge is -2.38. The summed E-state index contributed by atoms with van der Waals surface area (Å²) < 4.78 is 5.64. The molecule has 0 N–H and O–H groups in total. The largest absolute Gasteiger partial charge is 0.462 e. The van der Waals surface area contributed by atoms with Gasteiger partial charge in [-0.3, -0.25) is 4.79 Å². The summed E-state index contributed by atoms with van der Waals surface area (Å²) >= 11 is 1.80. The van der Waals surface area contributed by atoms with Crippen LogP contribution in [-0.2, 0) is 9.53 Å². The quantitative estimate of drug-likeness (QED) is 0.557. The van der Waals surface area contributed by atoms with E-state index in [1.807, 2.05) is 0 Å². The molecule has 0 aromatic heterocycles. The highest BCUT2D eigenvalue weighted by molar-refractivity contribution is 7.98. The Balaban J connectivity index is 1.69. The Kier molecular flexibility index (Phi) is 5.87. The highest BCUT2D eigenvalue weighted by atomic mass is 32.2. The summed E-state index contributed by atoms with van der Waals surface area (Å²) in [4.78, 5) is 11.7. The molecular formula is C15H26O2S. The number of fused-ring (bicyclic) bond motifs is 1. The van der Waals surface area contributed by atoms with Crippen LogP contribution in [0.3, 0.4) is 0 Å². The molecule has 3 heteroatoms. The smallest absolute Gasteiger partial charge is 0.306 e. The van der Waals surface area contributed by atoms with Crippen molar-refractivity contribution in [2.24, 2.45) is 11.8 Å². The number of carbonyl (C=O) groups is 1. The molecular weight excluding hydrogens is 244 g/mol. The fourth-order valence-electron chi connectivity index (χ4n) is 3.54. The lowest BCUT2D eigenvalue weighted by atomic mass is 9.70. The predicted octanol–water partition coefficient (Wildman–Crippen LogP) is 4.03. The maximum Gasteiger partial charge on any atom is 0.306 e. The lowest BCUT2D eigenvalue weighted by Crippen LogP contribution is -2.33. The van der Waals surface area contributed by atoms with E-state index in [2.05, 4.69) is 6.26 Å². The third-order valence-electron chi connectivity index (χ3n) is 4.52. The van der Waals surface area contributed by atoms with E-state index >= 15 is 0 Å². The first-order chi connectivity index (χ1) is 8.79. The van der Waals surface area contributed by atoms with E-state index in [-0.39, 0.29) is 12.1 Å². The topological polar surface area (TPSA) is 26.3 Å². The summed E-state index contributed by atoms with van der Waals surface area (Å²) in [6, 6.07) is 0. The van der Waals surface area contributed by atoms with Gasteiger partial charge in [0, 0.05) is 6.42 Å². The maximum atomic E-state index is 11.7. The number of hydrogen-bond acceptors (Lipinski definition) is 3. The van der Waals surface area contributed by atoms with E-state index < -0.39 is 0 Å². The summed E-state index contributed by atoms with van der Waals surface area (Å²) in [5.41, 5.74) is 0. The van der Waals surface area contributed by atoms with Gasteiger partial charge in [0.1, 0.15) is 6.10 Å². The molecule has 18 heavy (non-hydrogen) atoms. The first-order valence-corrected chi connectivity index (χ1v) is 8.87. The lowest BCUT2D eigenvalue weighted by molar-refractivity contribution is -0.152. The van der Waals surface area contributed by atoms with Crippen molar-refractivity contribution in [3.63, 3.8) is 0 Å². The van der Waals surface area contributed by atoms with Crippen molar-refractivity contribution in [1.29, 1.82) is 0 Å². The number of carbonyl (C=O) groups excluding carboxylic acids is 1. The molecule has 0 heterocycles. The van der Waals surface area contributed by atoms with Gasteiger partial charge in [-0.15, -0.1) is 0 Å². The van der Waals surface area contributed by atoms with Gasteiger partial charge in [-0.25, -0.2) is 0 Å². The molecule has 104 valence electrons. The van der Waals surface area contributed by atoms with Crippen LogP contribution in [-0.4, -0.2) is 24.1 Å². The second kappa shape index (κ2) is 7.42. The van der Waals surface area contributed by atoms with Gasteiger partial charge in [-0.2, -0.15) is 11.8 Å². The van der Waals surface area contributed by atoms with E-state index in [4.69, 9.17) is 4.74 Å². The van der Waals surface area contributed by atoms with Gasteiger partial charge < -0.3 is 4.74 Å². The molecule has 0 aromatic carbocycles. The van der Waals surface area contributed by atoms with Crippen molar-refractivity contribution in [2.75, 3.05) is 12.0 Å². The minimum Gasteiger partial charge on any atom is -0.462 e. The minimum atomic E-state index is 0.0308. The molecule has 2 nitrogen and oxygen atoms in total. The summed E-state index contributed by atoms with van der Waals surface area (Å²) in [6.45, 7) is 0. The monoisotopic (exact) mass is 270 g/mol. The summed E-state index contributed by atoms with van der Waals surface area (Å²) in [6.07, 6.45) is 13.0. The Hall–Kier alpha value is -0.180. The molecule has 0 aliphatic heterocycles. The molecule has 0 spiro atoms. The zero-order valence-corrected chi connectivity index (χ0v) is 12.3. The Labute approximate surface area is 115 Å². The highest BCUT2D eigenvalue weighted by Crippen LogP contribution is 2.41. The molecule has 2 rings (SSSR count). The number of rotatable bonds is 5. The van der Waals surface area contributed by atoms with E-state index in [1.54, 1.807) is 11.8 Å².